The fraction of sp³-hybridized carbons (Fsp3) is 0.0606. The molecule has 0 amide bonds. The first-order valence-corrected chi connectivity index (χ1v) is 23.4. The summed E-state index contributed by atoms with van der Waals surface area (Å²) in [6.45, 7) is 0. The Hall–Kier alpha value is -8.15. The summed E-state index contributed by atoms with van der Waals surface area (Å²) in [5, 5.41) is 20.4. The van der Waals surface area contributed by atoms with Crippen molar-refractivity contribution in [1.82, 2.24) is 0 Å². The zero-order valence-corrected chi connectivity index (χ0v) is 40.6. The van der Waals surface area contributed by atoms with E-state index in [1.165, 1.54) is 44.5 Å². The molecule has 0 aliphatic heterocycles. The van der Waals surface area contributed by atoms with Crippen LogP contribution in [0.15, 0.2) is 267 Å². The van der Waals surface area contributed by atoms with Crippen LogP contribution in [0.1, 0.15) is 55.6 Å². The Kier molecular flexibility index (Phi) is 15.9. The molecular formula is C66H50O4Ti. The van der Waals surface area contributed by atoms with Gasteiger partial charge in [0.05, 0.1) is 0 Å². The molecule has 2 aliphatic carbocycles. The molecule has 0 saturated heterocycles. The van der Waals surface area contributed by atoms with Crippen molar-refractivity contribution in [2.45, 2.75) is 23.7 Å². The van der Waals surface area contributed by atoms with Gasteiger partial charge in [-0.05, 0) is 46.2 Å². The summed E-state index contributed by atoms with van der Waals surface area (Å²) >= 11 is 0. The average molecular weight is 955 g/mol. The van der Waals surface area contributed by atoms with Crippen LogP contribution in [0, 0.1) is 12.1 Å². The van der Waals surface area contributed by atoms with Crippen LogP contribution >= 0.6 is 0 Å². The predicted octanol–water partition coefficient (Wildman–Crippen LogP) is 14.3. The molecule has 0 bridgehead atoms. The van der Waals surface area contributed by atoms with Gasteiger partial charge < -0.3 is 10.2 Å². The molecule has 2 aliphatic rings. The molecule has 5 heteroatoms. The van der Waals surface area contributed by atoms with E-state index in [1.807, 2.05) is 194 Å². The molecule has 0 spiro atoms. The molecule has 0 unspecified atom stereocenters. The Labute approximate surface area is 431 Å². The van der Waals surface area contributed by atoms with Gasteiger partial charge in [-0.25, -0.2) is 0 Å². The molecule has 2 N–H and O–H groups in total. The summed E-state index contributed by atoms with van der Waals surface area (Å²) in [5.41, 5.74) is 13.1. The third kappa shape index (κ3) is 10.1. The normalized spacial score (nSPS) is 11.4. The second kappa shape index (κ2) is 23.0. The van der Waals surface area contributed by atoms with Crippen molar-refractivity contribution in [3.63, 3.8) is 0 Å². The van der Waals surface area contributed by atoms with E-state index < -0.39 is 22.8 Å². The van der Waals surface area contributed by atoms with E-state index >= 15 is 0 Å². The number of carbonyl (C=O) groups is 2. The van der Waals surface area contributed by atoms with Crippen molar-refractivity contribution in [2.75, 3.05) is 0 Å². The maximum Gasteiger partial charge on any atom is 2.00 e. The van der Waals surface area contributed by atoms with Crippen LogP contribution in [0.4, 0.5) is 0 Å². The van der Waals surface area contributed by atoms with E-state index in [0.29, 0.717) is 0 Å². The van der Waals surface area contributed by atoms with Crippen molar-refractivity contribution in [1.29, 1.82) is 0 Å². The standard InChI is InChI=1S/2C20H16O2.2C13H9.Ti/c2*21-19(22)20(16-10-4-1-5-11-16,17-12-6-2-7-13-17)18-14-8-3-9-15-18;2*1-3-7-12-10(5-1)9-11-6-2-4-8-13(11)12;/h2*1-15H,(H,21,22);2*1-5,7-8H,9H2;/q;;2*-1;+2. The summed E-state index contributed by atoms with van der Waals surface area (Å²) in [6, 6.07) is 92.5. The smallest absolute Gasteiger partial charge is 0.480 e. The number of benzene rings is 10. The molecule has 12 rings (SSSR count). The van der Waals surface area contributed by atoms with Crippen LogP contribution in [0.3, 0.4) is 0 Å². The second-order valence-electron chi connectivity index (χ2n) is 17.1. The van der Waals surface area contributed by atoms with Crippen LogP contribution in [0.25, 0.3) is 22.3 Å². The topological polar surface area (TPSA) is 74.6 Å². The number of fused-ring (bicyclic) bond motifs is 6. The van der Waals surface area contributed by atoms with Crippen LogP contribution in [-0.2, 0) is 55.0 Å². The quantitative estimate of drug-likeness (QED) is 0.0904. The van der Waals surface area contributed by atoms with Gasteiger partial charge in [-0.3, -0.25) is 9.59 Å². The molecule has 10 aromatic rings. The SMILES string of the molecule is O=C(O)C(c1ccccc1)(c1ccccc1)c1ccccc1.O=C(O)C(c1ccccc1)(c1ccccc1)c1ccccc1.[Ti+2].[c-]1cccc2c1Cc1ccccc1-2.[c-]1cccc2c1Cc1ccccc1-2. The number of rotatable bonds is 8. The van der Waals surface area contributed by atoms with Crippen molar-refractivity contribution < 1.29 is 41.5 Å². The van der Waals surface area contributed by atoms with Gasteiger partial charge in [-0.15, -0.1) is 11.1 Å². The number of carboxylic acids is 2. The Morgan fingerprint density at radius 2 is 0.535 bits per heavy atom. The van der Waals surface area contributed by atoms with E-state index in [1.54, 1.807) is 0 Å². The maximum absolute atomic E-state index is 12.4. The van der Waals surface area contributed by atoms with Gasteiger partial charge in [-0.1, -0.05) is 253 Å². The maximum atomic E-state index is 12.4. The van der Waals surface area contributed by atoms with Gasteiger partial charge >= 0.3 is 33.7 Å². The van der Waals surface area contributed by atoms with Crippen LogP contribution in [-0.4, -0.2) is 22.2 Å². The summed E-state index contributed by atoms with van der Waals surface area (Å²) in [7, 11) is 0. The van der Waals surface area contributed by atoms with Crippen molar-refractivity contribution in [3.8, 4) is 22.3 Å². The first kappa shape index (κ1) is 49.3. The molecule has 10 aromatic carbocycles. The number of aliphatic carboxylic acids is 2. The summed E-state index contributed by atoms with van der Waals surface area (Å²) < 4.78 is 0. The van der Waals surface area contributed by atoms with E-state index in [2.05, 4.69) is 84.9 Å². The first-order chi connectivity index (χ1) is 34.4. The predicted molar refractivity (Wildman–Crippen MR) is 281 cm³/mol. The third-order valence-corrected chi connectivity index (χ3v) is 13.1. The molecule has 0 radical (unpaired) electrons. The molecule has 342 valence electrons. The van der Waals surface area contributed by atoms with E-state index in [9.17, 15) is 19.8 Å². The van der Waals surface area contributed by atoms with Gasteiger partial charge in [0.2, 0.25) is 0 Å². The van der Waals surface area contributed by atoms with E-state index in [0.717, 1.165) is 46.2 Å². The van der Waals surface area contributed by atoms with E-state index in [-0.39, 0.29) is 21.7 Å². The fourth-order valence-electron chi connectivity index (χ4n) is 9.87. The van der Waals surface area contributed by atoms with Gasteiger partial charge in [0.25, 0.3) is 0 Å². The monoisotopic (exact) mass is 954 g/mol. The molecule has 0 fully saturated rings. The van der Waals surface area contributed by atoms with Crippen molar-refractivity contribution >= 4 is 11.9 Å². The zero-order chi connectivity index (χ0) is 48.2. The Balaban J connectivity index is 0.000000130. The fourth-order valence-corrected chi connectivity index (χ4v) is 9.87. The molecule has 0 heterocycles. The molecule has 4 nitrogen and oxygen atoms in total. The van der Waals surface area contributed by atoms with Gasteiger partial charge in [0, 0.05) is 0 Å². The zero-order valence-electron chi connectivity index (χ0n) is 39.0. The Morgan fingerprint density at radius 1 is 0.310 bits per heavy atom. The molecule has 0 aromatic heterocycles. The largest absolute Gasteiger partial charge is 2.00 e. The van der Waals surface area contributed by atoms with Gasteiger partial charge in [0.1, 0.15) is 10.8 Å². The summed E-state index contributed by atoms with van der Waals surface area (Å²) in [6.07, 6.45) is 2.10. The van der Waals surface area contributed by atoms with Crippen molar-refractivity contribution in [2.24, 2.45) is 0 Å². The van der Waals surface area contributed by atoms with Gasteiger partial charge in [-0.2, -0.15) is 59.7 Å². The molecule has 71 heavy (non-hydrogen) atoms. The molecule has 0 atom stereocenters. The van der Waals surface area contributed by atoms with Crippen molar-refractivity contribution in [3.05, 3.63) is 335 Å². The first-order valence-electron chi connectivity index (χ1n) is 23.4. The van der Waals surface area contributed by atoms with Crippen LogP contribution in [0.5, 0.6) is 0 Å². The second-order valence-corrected chi connectivity index (χ2v) is 17.1. The number of hydrogen-bond donors (Lipinski definition) is 2. The minimum Gasteiger partial charge on any atom is -0.480 e. The van der Waals surface area contributed by atoms with Gasteiger partial charge in [0.15, 0.2) is 0 Å². The van der Waals surface area contributed by atoms with Crippen LogP contribution in [0.2, 0.25) is 0 Å². The summed E-state index contributed by atoms with van der Waals surface area (Å²) in [4.78, 5) is 24.8. The summed E-state index contributed by atoms with van der Waals surface area (Å²) in [5.74, 6) is -1.76. The number of hydrogen-bond acceptors (Lipinski definition) is 2. The molecule has 0 saturated carbocycles. The Bertz CT molecular complexity index is 2800. The van der Waals surface area contributed by atoms with Crippen LogP contribution < -0.4 is 0 Å². The average Bonchev–Trinajstić information content (AvgIpc) is 4.00. The number of carboxylic acid groups (broad SMARTS) is 2. The Morgan fingerprint density at radius 3 is 0.789 bits per heavy atom. The minimum absolute atomic E-state index is 0. The minimum atomic E-state index is -1.20. The third-order valence-electron chi connectivity index (χ3n) is 13.1. The van der Waals surface area contributed by atoms with E-state index in [4.69, 9.17) is 0 Å². The molecular weight excluding hydrogens is 905 g/mol.